The molecule has 0 bridgehead atoms. The van der Waals surface area contributed by atoms with Crippen molar-refractivity contribution in [3.05, 3.63) is 218 Å². The number of imidazole rings is 2. The Kier molecular flexibility index (Phi) is 11.2. The smallest absolute Gasteiger partial charge is 0.658 e. The van der Waals surface area contributed by atoms with E-state index < -0.39 is 10.8 Å². The Morgan fingerprint density at radius 1 is 0.365 bits per heavy atom. The molecule has 0 aliphatic carbocycles. The molecule has 4 heterocycles. The first-order valence-corrected chi connectivity index (χ1v) is 21.1. The molecule has 7 heteroatoms. The van der Waals surface area contributed by atoms with Gasteiger partial charge in [-0.05, 0) is 33.1 Å². The normalized spacial score (nSPS) is 11.7. The number of benzene rings is 6. The molecular formula is C56H46N6Pt. The molecule has 0 radical (unpaired) electrons. The standard InChI is InChI=1S/C56H46N6.Pt/c1-55(2,49-33-31-47(59-49)53-57-35-37-61(53)51-43(39-19-9-5-10-20-39)27-17-28-44(51)40-21-11-6-12-22-40)56(3,4)50-34-32-48(60-50)54-58-36-38-62(54)52-45(41-23-13-7-14-24-41)29-18-30-46(52)42-25-15-8-16-26-42;/h5-38H,1-4H3;/q-2;+2. The van der Waals surface area contributed by atoms with Crippen LogP contribution < -0.4 is 9.97 Å². The third-order valence-corrected chi connectivity index (χ3v) is 12.8. The van der Waals surface area contributed by atoms with Crippen molar-refractivity contribution in [2.45, 2.75) is 38.5 Å². The summed E-state index contributed by atoms with van der Waals surface area (Å²) in [6.45, 7) is 9.06. The molecule has 0 unspecified atom stereocenters. The second-order valence-corrected chi connectivity index (χ2v) is 16.8. The molecule has 63 heavy (non-hydrogen) atoms. The summed E-state index contributed by atoms with van der Waals surface area (Å²) >= 11 is 0. The third-order valence-electron chi connectivity index (χ3n) is 12.8. The second kappa shape index (κ2) is 17.0. The van der Waals surface area contributed by atoms with Gasteiger partial charge in [0.25, 0.3) is 0 Å². The van der Waals surface area contributed by atoms with Crippen LogP contribution in [0.2, 0.25) is 0 Å². The molecule has 0 aliphatic rings. The largest absolute Gasteiger partial charge is 2.00 e. The maximum atomic E-state index is 5.37. The van der Waals surface area contributed by atoms with Crippen LogP contribution in [0.15, 0.2) is 207 Å². The summed E-state index contributed by atoms with van der Waals surface area (Å²) in [5.41, 5.74) is 13.9. The summed E-state index contributed by atoms with van der Waals surface area (Å²) in [7, 11) is 0. The average Bonchev–Trinajstić information content (AvgIpc) is 4.17. The summed E-state index contributed by atoms with van der Waals surface area (Å²) in [6, 6.07) is 63.8. The van der Waals surface area contributed by atoms with E-state index in [1.807, 2.05) is 24.8 Å². The molecule has 310 valence electrons. The predicted molar refractivity (Wildman–Crippen MR) is 252 cm³/mol. The minimum atomic E-state index is -0.422. The SMILES string of the molecule is CC(C)(c1ccc(-c2nccn2-c2c(-c3ccccc3)cccc2-c2ccccc2)[n-]1)C(C)(C)c1ccc(-c2nccn2-c2c(-c3ccccc3)cccc2-c2ccccc2)[n-]1.[Pt+2]. The van der Waals surface area contributed by atoms with E-state index >= 15 is 0 Å². The summed E-state index contributed by atoms with van der Waals surface area (Å²) in [5.74, 6) is 1.58. The van der Waals surface area contributed by atoms with Crippen molar-refractivity contribution in [3.8, 4) is 78.9 Å². The minimum absolute atomic E-state index is 0. The number of rotatable bonds is 11. The van der Waals surface area contributed by atoms with Gasteiger partial charge in [-0.3, -0.25) is 0 Å². The summed E-state index contributed by atoms with van der Waals surface area (Å²) < 4.78 is 4.39. The average molecular weight is 998 g/mol. The van der Waals surface area contributed by atoms with E-state index in [0.29, 0.717) is 0 Å². The van der Waals surface area contributed by atoms with E-state index in [1.54, 1.807) is 0 Å². The van der Waals surface area contributed by atoms with Gasteiger partial charge in [0.15, 0.2) is 0 Å². The van der Waals surface area contributed by atoms with Gasteiger partial charge in [0.05, 0.1) is 11.4 Å². The molecular weight excluding hydrogens is 952 g/mol. The summed E-state index contributed by atoms with van der Waals surface area (Å²) in [6.07, 6.45) is 7.84. The van der Waals surface area contributed by atoms with Gasteiger partial charge in [-0.2, -0.15) is 11.4 Å². The molecule has 0 saturated heterocycles. The first-order valence-electron chi connectivity index (χ1n) is 21.1. The van der Waals surface area contributed by atoms with E-state index in [1.165, 1.54) is 0 Å². The van der Waals surface area contributed by atoms with E-state index in [-0.39, 0.29) is 21.1 Å². The van der Waals surface area contributed by atoms with Crippen molar-refractivity contribution in [2.24, 2.45) is 0 Å². The molecule has 0 aliphatic heterocycles. The molecule has 0 saturated carbocycles. The monoisotopic (exact) mass is 997 g/mol. The van der Waals surface area contributed by atoms with Gasteiger partial charge in [-0.25, -0.2) is 9.97 Å². The fraction of sp³-hybridized carbons (Fsp3) is 0.107. The second-order valence-electron chi connectivity index (χ2n) is 16.8. The molecule has 10 rings (SSSR count). The molecule has 0 atom stereocenters. The van der Waals surface area contributed by atoms with Crippen LogP contribution in [-0.4, -0.2) is 19.1 Å². The van der Waals surface area contributed by atoms with E-state index in [4.69, 9.17) is 19.9 Å². The van der Waals surface area contributed by atoms with Crippen molar-refractivity contribution in [1.82, 2.24) is 29.1 Å². The Morgan fingerprint density at radius 2 is 0.667 bits per heavy atom. The zero-order chi connectivity index (χ0) is 42.3. The molecule has 0 fully saturated rings. The Balaban J connectivity index is 0.00000504. The minimum Gasteiger partial charge on any atom is -0.658 e. The van der Waals surface area contributed by atoms with Crippen LogP contribution in [0.1, 0.15) is 39.1 Å². The van der Waals surface area contributed by atoms with Gasteiger partial charge >= 0.3 is 21.1 Å². The molecule has 0 N–H and O–H groups in total. The molecule has 0 amide bonds. The fourth-order valence-electron chi connectivity index (χ4n) is 8.67. The molecule has 4 aromatic heterocycles. The van der Waals surface area contributed by atoms with Crippen molar-refractivity contribution >= 4 is 0 Å². The Hall–Kier alpha value is -7.01. The van der Waals surface area contributed by atoms with Crippen LogP contribution in [0.5, 0.6) is 0 Å². The van der Waals surface area contributed by atoms with Crippen LogP contribution in [0.3, 0.4) is 0 Å². The van der Waals surface area contributed by atoms with Crippen LogP contribution in [0.25, 0.3) is 78.9 Å². The molecule has 0 spiro atoms. The Morgan fingerprint density at radius 3 is 0.968 bits per heavy atom. The van der Waals surface area contributed by atoms with Crippen LogP contribution in [-0.2, 0) is 31.9 Å². The number of para-hydroxylation sites is 2. The number of aromatic nitrogens is 6. The Bertz CT molecular complexity index is 2790. The predicted octanol–water partition coefficient (Wildman–Crippen LogP) is 13.2. The van der Waals surface area contributed by atoms with E-state index in [2.05, 4.69) is 219 Å². The zero-order valence-corrected chi connectivity index (χ0v) is 37.9. The zero-order valence-electron chi connectivity index (χ0n) is 35.6. The van der Waals surface area contributed by atoms with Crippen LogP contribution in [0, 0.1) is 0 Å². The van der Waals surface area contributed by atoms with E-state index in [0.717, 1.165) is 90.3 Å². The summed E-state index contributed by atoms with van der Waals surface area (Å²) in [5, 5.41) is 0. The number of hydrogen-bond acceptors (Lipinski definition) is 2. The first-order chi connectivity index (χ1) is 30.3. The van der Waals surface area contributed by atoms with Gasteiger partial charge in [-0.1, -0.05) is 221 Å². The maximum absolute atomic E-state index is 5.37. The maximum Gasteiger partial charge on any atom is 2.00 e. The third kappa shape index (κ3) is 7.45. The van der Waals surface area contributed by atoms with Gasteiger partial charge < -0.3 is 19.1 Å². The van der Waals surface area contributed by atoms with Crippen molar-refractivity contribution in [2.75, 3.05) is 0 Å². The Labute approximate surface area is 383 Å². The number of nitrogens with zero attached hydrogens (tertiary/aromatic N) is 6. The van der Waals surface area contributed by atoms with Crippen LogP contribution >= 0.6 is 0 Å². The van der Waals surface area contributed by atoms with Crippen LogP contribution in [0.4, 0.5) is 0 Å². The molecule has 6 aromatic carbocycles. The van der Waals surface area contributed by atoms with Gasteiger partial charge in [-0.15, -0.1) is 0 Å². The number of hydrogen-bond donors (Lipinski definition) is 0. The van der Waals surface area contributed by atoms with Crippen molar-refractivity contribution < 1.29 is 21.1 Å². The topological polar surface area (TPSA) is 63.8 Å². The quantitative estimate of drug-likeness (QED) is 0.130. The van der Waals surface area contributed by atoms with Crippen molar-refractivity contribution in [3.63, 3.8) is 0 Å². The molecule has 10 aromatic rings. The van der Waals surface area contributed by atoms with Crippen molar-refractivity contribution in [1.29, 1.82) is 0 Å². The van der Waals surface area contributed by atoms with Gasteiger partial charge in [0, 0.05) is 47.0 Å². The summed E-state index contributed by atoms with van der Waals surface area (Å²) in [4.78, 5) is 20.6. The fourth-order valence-corrected chi connectivity index (χ4v) is 8.67. The van der Waals surface area contributed by atoms with Gasteiger partial charge in [0.2, 0.25) is 0 Å². The molecule has 6 nitrogen and oxygen atoms in total. The van der Waals surface area contributed by atoms with Gasteiger partial charge in [0.1, 0.15) is 11.6 Å². The first kappa shape index (κ1) is 41.3. The van der Waals surface area contributed by atoms with E-state index in [9.17, 15) is 0 Å².